The molecule has 8 heteroatoms. The highest BCUT2D eigenvalue weighted by Crippen LogP contribution is 2.46. The van der Waals surface area contributed by atoms with Crippen LogP contribution in [0.2, 0.25) is 0 Å². The fraction of sp³-hybridized carbons (Fsp3) is 0.154. The first-order valence-electron chi connectivity index (χ1n) is 5.72. The molecule has 0 aliphatic carbocycles. The van der Waals surface area contributed by atoms with E-state index in [0.29, 0.717) is 0 Å². The second-order valence-corrected chi connectivity index (χ2v) is 4.22. The number of aromatic nitrogens is 1. The Morgan fingerprint density at radius 1 is 1.14 bits per heavy atom. The summed E-state index contributed by atoms with van der Waals surface area (Å²) in [6.45, 7) is 0. The van der Waals surface area contributed by atoms with Gasteiger partial charge in [-0.2, -0.15) is 13.2 Å². The Labute approximate surface area is 116 Å². The third kappa shape index (κ3) is 2.45. The molecular weight excluding hydrogens is 289 g/mol. The molecule has 1 heterocycles. The van der Waals surface area contributed by atoms with Gasteiger partial charge in [-0.3, -0.25) is 15.1 Å². The van der Waals surface area contributed by atoms with Crippen molar-refractivity contribution < 1.29 is 23.2 Å². The van der Waals surface area contributed by atoms with Gasteiger partial charge in [0, 0.05) is 24.0 Å². The van der Waals surface area contributed by atoms with Gasteiger partial charge in [-0.25, -0.2) is 0 Å². The number of nitro benzene ring substituents is 1. The number of nitro groups is 1. The minimum atomic E-state index is -5.15. The zero-order valence-corrected chi connectivity index (χ0v) is 10.4. The summed E-state index contributed by atoms with van der Waals surface area (Å²) in [4.78, 5) is 13.5. The molecule has 2 rings (SSSR count). The van der Waals surface area contributed by atoms with Crippen LogP contribution in [0.5, 0.6) is 0 Å². The van der Waals surface area contributed by atoms with Crippen LogP contribution in [0.3, 0.4) is 0 Å². The van der Waals surface area contributed by atoms with Gasteiger partial charge in [0.15, 0.2) is 0 Å². The summed E-state index contributed by atoms with van der Waals surface area (Å²) in [6.07, 6.45) is -3.09. The van der Waals surface area contributed by atoms with E-state index in [1.54, 1.807) is 0 Å². The Bertz CT molecular complexity index is 661. The van der Waals surface area contributed by atoms with Crippen LogP contribution in [0, 0.1) is 10.1 Å². The van der Waals surface area contributed by atoms with Crippen molar-refractivity contribution in [1.82, 2.24) is 4.98 Å². The van der Waals surface area contributed by atoms with Crippen LogP contribution in [0.25, 0.3) is 0 Å². The fourth-order valence-electron chi connectivity index (χ4n) is 1.99. The van der Waals surface area contributed by atoms with Crippen LogP contribution in [-0.4, -0.2) is 21.2 Å². The first-order valence-corrected chi connectivity index (χ1v) is 5.72. The maximum absolute atomic E-state index is 13.4. The lowest BCUT2D eigenvalue weighted by atomic mass is 9.85. The van der Waals surface area contributed by atoms with Crippen LogP contribution in [0.15, 0.2) is 48.8 Å². The lowest BCUT2D eigenvalue weighted by molar-refractivity contribution is -0.388. The van der Waals surface area contributed by atoms with E-state index in [1.165, 1.54) is 24.4 Å². The summed E-state index contributed by atoms with van der Waals surface area (Å²) in [5.41, 5.74) is -5.77. The van der Waals surface area contributed by atoms with Crippen LogP contribution in [0.4, 0.5) is 18.9 Å². The molecule has 110 valence electrons. The molecule has 2 aromatic rings. The highest BCUT2D eigenvalue weighted by molar-refractivity contribution is 5.49. The zero-order chi connectivity index (χ0) is 15.7. The van der Waals surface area contributed by atoms with Gasteiger partial charge in [-0.15, -0.1) is 0 Å². The smallest absolute Gasteiger partial charge is 0.372 e. The Kier molecular flexibility index (Phi) is 3.65. The van der Waals surface area contributed by atoms with Crippen LogP contribution < -0.4 is 0 Å². The molecule has 1 N–H and O–H groups in total. The van der Waals surface area contributed by atoms with Crippen molar-refractivity contribution in [3.63, 3.8) is 0 Å². The number of alkyl halides is 3. The zero-order valence-electron chi connectivity index (χ0n) is 10.4. The molecule has 0 saturated heterocycles. The van der Waals surface area contributed by atoms with E-state index >= 15 is 0 Å². The third-order valence-corrected chi connectivity index (χ3v) is 2.98. The summed E-state index contributed by atoms with van der Waals surface area (Å²) in [5.74, 6) is 0. The molecule has 0 aliphatic rings. The SMILES string of the molecule is O=[N+]([O-])c1ccccc1C(O)(c1cccnc1)C(F)(F)F. The first kappa shape index (κ1) is 14.9. The van der Waals surface area contributed by atoms with E-state index < -0.39 is 33.5 Å². The molecule has 0 bridgehead atoms. The molecule has 0 spiro atoms. The second kappa shape index (κ2) is 5.13. The molecule has 21 heavy (non-hydrogen) atoms. The number of hydrogen-bond acceptors (Lipinski definition) is 4. The molecular formula is C13H9F3N2O3. The van der Waals surface area contributed by atoms with E-state index in [1.807, 2.05) is 0 Å². The lowest BCUT2D eigenvalue weighted by Crippen LogP contribution is -2.43. The number of para-hydroxylation sites is 1. The predicted molar refractivity (Wildman–Crippen MR) is 66.4 cm³/mol. The summed E-state index contributed by atoms with van der Waals surface area (Å²) in [6, 6.07) is 6.41. The van der Waals surface area contributed by atoms with Crippen LogP contribution in [0.1, 0.15) is 11.1 Å². The quantitative estimate of drug-likeness (QED) is 0.698. The van der Waals surface area contributed by atoms with Gasteiger partial charge in [0.05, 0.1) is 10.5 Å². The minimum absolute atomic E-state index is 0.591. The standard InChI is InChI=1S/C13H9F3N2O3/c14-13(15,16)12(19,9-4-3-7-17-8-9)10-5-1-2-6-11(10)18(20)21/h1-8,19H. The van der Waals surface area contributed by atoms with E-state index in [-0.39, 0.29) is 0 Å². The number of halogens is 3. The molecule has 0 aliphatic heterocycles. The molecule has 1 aromatic heterocycles. The van der Waals surface area contributed by atoms with Gasteiger partial charge in [0.1, 0.15) is 0 Å². The first-order chi connectivity index (χ1) is 9.78. The van der Waals surface area contributed by atoms with Gasteiger partial charge in [-0.05, 0) is 12.1 Å². The van der Waals surface area contributed by atoms with Crippen molar-refractivity contribution in [2.45, 2.75) is 11.8 Å². The summed E-state index contributed by atoms with van der Waals surface area (Å²) in [5, 5.41) is 21.2. The van der Waals surface area contributed by atoms with Crippen molar-refractivity contribution in [2.75, 3.05) is 0 Å². The monoisotopic (exact) mass is 298 g/mol. The maximum atomic E-state index is 13.4. The normalized spacial score (nSPS) is 14.5. The van der Waals surface area contributed by atoms with Crippen molar-refractivity contribution >= 4 is 5.69 Å². The van der Waals surface area contributed by atoms with Crippen molar-refractivity contribution in [3.05, 3.63) is 70.0 Å². The molecule has 1 atom stereocenters. The molecule has 0 radical (unpaired) electrons. The molecule has 0 fully saturated rings. The highest BCUT2D eigenvalue weighted by Gasteiger charge is 2.58. The summed E-state index contributed by atoms with van der Waals surface area (Å²) in [7, 11) is 0. The lowest BCUT2D eigenvalue weighted by Gasteiger charge is -2.30. The number of nitrogens with zero attached hydrogens (tertiary/aromatic N) is 2. The van der Waals surface area contributed by atoms with Crippen molar-refractivity contribution in [1.29, 1.82) is 0 Å². The average Bonchev–Trinajstić information content (AvgIpc) is 2.46. The Morgan fingerprint density at radius 2 is 1.81 bits per heavy atom. The molecule has 5 nitrogen and oxygen atoms in total. The number of aliphatic hydroxyl groups is 1. The maximum Gasteiger partial charge on any atom is 0.426 e. The highest BCUT2D eigenvalue weighted by atomic mass is 19.4. The molecule has 0 saturated carbocycles. The van der Waals surface area contributed by atoms with E-state index in [2.05, 4.69) is 4.98 Å². The number of hydrogen-bond donors (Lipinski definition) is 1. The van der Waals surface area contributed by atoms with Crippen molar-refractivity contribution in [3.8, 4) is 0 Å². The van der Waals surface area contributed by atoms with Gasteiger partial charge >= 0.3 is 6.18 Å². The fourth-order valence-corrected chi connectivity index (χ4v) is 1.99. The van der Waals surface area contributed by atoms with Crippen molar-refractivity contribution in [2.24, 2.45) is 0 Å². The van der Waals surface area contributed by atoms with Gasteiger partial charge < -0.3 is 5.11 Å². The van der Waals surface area contributed by atoms with Gasteiger partial charge in [0.2, 0.25) is 5.60 Å². The number of pyridine rings is 1. The second-order valence-electron chi connectivity index (χ2n) is 4.22. The van der Waals surface area contributed by atoms with E-state index in [0.717, 1.165) is 24.4 Å². The number of benzene rings is 1. The Hall–Kier alpha value is -2.48. The molecule has 1 aromatic carbocycles. The Morgan fingerprint density at radius 3 is 2.33 bits per heavy atom. The predicted octanol–water partition coefficient (Wildman–Crippen LogP) is 2.79. The third-order valence-electron chi connectivity index (χ3n) is 2.98. The van der Waals surface area contributed by atoms with E-state index in [4.69, 9.17) is 0 Å². The summed E-state index contributed by atoms with van der Waals surface area (Å²) < 4.78 is 40.3. The van der Waals surface area contributed by atoms with Gasteiger partial charge in [-0.1, -0.05) is 18.2 Å². The largest absolute Gasteiger partial charge is 0.426 e. The van der Waals surface area contributed by atoms with E-state index in [9.17, 15) is 28.4 Å². The molecule has 0 amide bonds. The Balaban J connectivity index is 2.78. The number of rotatable bonds is 3. The molecule has 1 unspecified atom stereocenters. The average molecular weight is 298 g/mol. The topological polar surface area (TPSA) is 76.3 Å². The van der Waals surface area contributed by atoms with Crippen LogP contribution in [-0.2, 0) is 5.60 Å². The minimum Gasteiger partial charge on any atom is -0.372 e. The van der Waals surface area contributed by atoms with Crippen LogP contribution >= 0.6 is 0 Å². The summed E-state index contributed by atoms with van der Waals surface area (Å²) >= 11 is 0. The van der Waals surface area contributed by atoms with Gasteiger partial charge in [0.25, 0.3) is 5.69 Å².